The zero-order chi connectivity index (χ0) is 15.5. The van der Waals surface area contributed by atoms with Crippen molar-refractivity contribution < 1.29 is 13.5 Å². The van der Waals surface area contributed by atoms with Crippen LogP contribution in [-0.2, 0) is 16.4 Å². The van der Waals surface area contributed by atoms with Crippen molar-refractivity contribution in [2.45, 2.75) is 11.3 Å². The van der Waals surface area contributed by atoms with E-state index in [2.05, 4.69) is 4.72 Å². The Bertz CT molecular complexity index is 730. The van der Waals surface area contributed by atoms with E-state index < -0.39 is 10.0 Å². The Balaban J connectivity index is 2.01. The van der Waals surface area contributed by atoms with E-state index in [9.17, 15) is 13.5 Å². The third-order valence-electron chi connectivity index (χ3n) is 2.93. The highest BCUT2D eigenvalue weighted by Crippen LogP contribution is 2.22. The Morgan fingerprint density at radius 1 is 1.14 bits per heavy atom. The third-order valence-corrected chi connectivity index (χ3v) is 4.64. The molecule has 0 bridgehead atoms. The fourth-order valence-electron chi connectivity index (χ4n) is 1.76. The summed E-state index contributed by atoms with van der Waals surface area (Å²) >= 11 is 5.78. The van der Waals surface area contributed by atoms with Gasteiger partial charge in [-0.3, -0.25) is 0 Å². The molecule has 4 N–H and O–H groups in total. The van der Waals surface area contributed by atoms with Gasteiger partial charge in [-0.2, -0.15) is 0 Å². The minimum absolute atomic E-state index is 0.0221. The number of hydrogen-bond donors (Lipinski definition) is 3. The van der Waals surface area contributed by atoms with Gasteiger partial charge in [-0.15, -0.1) is 0 Å². The number of nitrogens with one attached hydrogen (secondary N) is 1. The van der Waals surface area contributed by atoms with Crippen molar-refractivity contribution >= 4 is 27.3 Å². The first-order valence-electron chi connectivity index (χ1n) is 6.21. The molecule has 7 heteroatoms. The lowest BCUT2D eigenvalue weighted by atomic mass is 10.2. The van der Waals surface area contributed by atoms with Crippen LogP contribution in [0, 0.1) is 0 Å². The van der Waals surface area contributed by atoms with Crippen LogP contribution in [0.25, 0.3) is 0 Å². The van der Waals surface area contributed by atoms with Crippen LogP contribution in [0.2, 0.25) is 5.02 Å². The summed E-state index contributed by atoms with van der Waals surface area (Å²) in [7, 11) is -3.65. The summed E-state index contributed by atoms with van der Waals surface area (Å²) in [4.78, 5) is 0.0221. The van der Waals surface area contributed by atoms with Gasteiger partial charge >= 0.3 is 0 Å². The highest BCUT2D eigenvalue weighted by Gasteiger charge is 2.14. The van der Waals surface area contributed by atoms with Crippen molar-refractivity contribution in [1.82, 2.24) is 4.72 Å². The molecule has 2 rings (SSSR count). The molecule has 0 saturated heterocycles. The predicted molar refractivity (Wildman–Crippen MR) is 82.9 cm³/mol. The van der Waals surface area contributed by atoms with Gasteiger partial charge in [-0.1, -0.05) is 23.7 Å². The number of rotatable bonds is 5. The van der Waals surface area contributed by atoms with Crippen LogP contribution in [0.15, 0.2) is 47.4 Å². The molecule has 0 aliphatic heterocycles. The van der Waals surface area contributed by atoms with Gasteiger partial charge in [-0.25, -0.2) is 13.1 Å². The maximum atomic E-state index is 12.1. The molecule has 0 unspecified atom stereocenters. The fourth-order valence-corrected chi connectivity index (χ4v) is 2.96. The van der Waals surface area contributed by atoms with Crippen molar-refractivity contribution in [2.75, 3.05) is 12.3 Å². The monoisotopic (exact) mass is 326 g/mol. The van der Waals surface area contributed by atoms with E-state index in [0.717, 1.165) is 5.56 Å². The van der Waals surface area contributed by atoms with Gasteiger partial charge < -0.3 is 10.8 Å². The molecular formula is C14H15ClN2O3S. The number of halogens is 1. The Hall–Kier alpha value is -1.76. The Morgan fingerprint density at radius 3 is 2.43 bits per heavy atom. The molecule has 0 radical (unpaired) electrons. The Kier molecular flexibility index (Phi) is 4.72. The van der Waals surface area contributed by atoms with Crippen LogP contribution in [0.5, 0.6) is 5.75 Å². The van der Waals surface area contributed by atoms with E-state index in [1.165, 1.54) is 18.2 Å². The molecule has 0 heterocycles. The molecule has 0 aromatic heterocycles. The zero-order valence-electron chi connectivity index (χ0n) is 11.1. The first kappa shape index (κ1) is 15.6. The van der Waals surface area contributed by atoms with Gasteiger partial charge in [0.25, 0.3) is 0 Å². The summed E-state index contributed by atoms with van der Waals surface area (Å²) in [6.07, 6.45) is 0.546. The lowest BCUT2D eigenvalue weighted by Gasteiger charge is -2.08. The molecule has 112 valence electrons. The molecule has 2 aromatic carbocycles. The van der Waals surface area contributed by atoms with Crippen molar-refractivity contribution in [3.05, 3.63) is 53.1 Å². The Labute approximate surface area is 128 Å². The van der Waals surface area contributed by atoms with Gasteiger partial charge in [0.05, 0.1) is 10.6 Å². The molecule has 0 atom stereocenters. The second-order valence-corrected chi connectivity index (χ2v) is 6.70. The summed E-state index contributed by atoms with van der Waals surface area (Å²) in [6, 6.07) is 11.0. The number of sulfonamides is 1. The van der Waals surface area contributed by atoms with E-state index in [-0.39, 0.29) is 22.9 Å². The minimum Gasteiger partial charge on any atom is -0.506 e. The molecular weight excluding hydrogens is 312 g/mol. The van der Waals surface area contributed by atoms with Crippen molar-refractivity contribution in [2.24, 2.45) is 0 Å². The quantitative estimate of drug-likeness (QED) is 0.580. The van der Waals surface area contributed by atoms with Crippen LogP contribution in [0.1, 0.15) is 5.56 Å². The largest absolute Gasteiger partial charge is 0.506 e. The molecule has 0 amide bonds. The first-order valence-corrected chi connectivity index (χ1v) is 8.07. The van der Waals surface area contributed by atoms with Gasteiger partial charge in [0, 0.05) is 11.6 Å². The van der Waals surface area contributed by atoms with Crippen LogP contribution in [-0.4, -0.2) is 20.1 Å². The average Bonchev–Trinajstić information content (AvgIpc) is 2.44. The number of benzene rings is 2. The predicted octanol–water partition coefficient (Wildman–Crippen LogP) is 2.15. The standard InChI is InChI=1S/C14H15ClN2O3S/c15-11-3-1-10(2-4-11)7-8-17-21(19,20)12-5-6-14(18)13(16)9-12/h1-6,9,17-18H,7-8,16H2. The van der Waals surface area contributed by atoms with Crippen LogP contribution in [0.4, 0.5) is 5.69 Å². The smallest absolute Gasteiger partial charge is 0.240 e. The van der Waals surface area contributed by atoms with Crippen LogP contribution >= 0.6 is 11.6 Å². The number of aromatic hydroxyl groups is 1. The minimum atomic E-state index is -3.65. The van der Waals surface area contributed by atoms with Crippen molar-refractivity contribution in [3.8, 4) is 5.75 Å². The molecule has 0 aliphatic rings. The number of phenols is 1. The SMILES string of the molecule is Nc1cc(S(=O)(=O)NCCc2ccc(Cl)cc2)ccc1O. The maximum Gasteiger partial charge on any atom is 0.240 e. The maximum absolute atomic E-state index is 12.1. The summed E-state index contributed by atoms with van der Waals surface area (Å²) in [6.45, 7) is 0.255. The fraction of sp³-hybridized carbons (Fsp3) is 0.143. The number of nitrogens with two attached hydrogens (primary N) is 1. The summed E-state index contributed by atoms with van der Waals surface area (Å²) < 4.78 is 26.6. The molecule has 0 saturated carbocycles. The molecule has 0 spiro atoms. The van der Waals surface area contributed by atoms with E-state index in [0.29, 0.717) is 11.4 Å². The average molecular weight is 327 g/mol. The van der Waals surface area contributed by atoms with E-state index in [4.69, 9.17) is 17.3 Å². The van der Waals surface area contributed by atoms with Gasteiger partial charge in [0.1, 0.15) is 5.75 Å². The van der Waals surface area contributed by atoms with E-state index in [1.807, 2.05) is 12.1 Å². The second-order valence-electron chi connectivity index (χ2n) is 4.49. The molecule has 0 fully saturated rings. The highest BCUT2D eigenvalue weighted by atomic mass is 35.5. The molecule has 21 heavy (non-hydrogen) atoms. The van der Waals surface area contributed by atoms with Gasteiger partial charge in [0.15, 0.2) is 0 Å². The molecule has 2 aromatic rings. The summed E-state index contributed by atoms with van der Waals surface area (Å²) in [5, 5.41) is 9.94. The van der Waals surface area contributed by atoms with Gasteiger partial charge in [-0.05, 0) is 42.3 Å². The molecule has 5 nitrogen and oxygen atoms in total. The topological polar surface area (TPSA) is 92.4 Å². The van der Waals surface area contributed by atoms with Gasteiger partial charge in [0.2, 0.25) is 10.0 Å². The van der Waals surface area contributed by atoms with Crippen LogP contribution < -0.4 is 10.5 Å². The third kappa shape index (κ3) is 4.10. The highest BCUT2D eigenvalue weighted by molar-refractivity contribution is 7.89. The number of phenolic OH excluding ortho intramolecular Hbond substituents is 1. The normalized spacial score (nSPS) is 11.5. The zero-order valence-corrected chi connectivity index (χ0v) is 12.7. The van der Waals surface area contributed by atoms with Crippen molar-refractivity contribution in [3.63, 3.8) is 0 Å². The number of hydrogen-bond acceptors (Lipinski definition) is 4. The second kappa shape index (κ2) is 6.34. The van der Waals surface area contributed by atoms with E-state index in [1.54, 1.807) is 12.1 Å². The van der Waals surface area contributed by atoms with E-state index >= 15 is 0 Å². The molecule has 0 aliphatic carbocycles. The number of anilines is 1. The Morgan fingerprint density at radius 2 is 1.81 bits per heavy atom. The summed E-state index contributed by atoms with van der Waals surface area (Å²) in [5.74, 6) is -0.143. The summed E-state index contributed by atoms with van der Waals surface area (Å²) in [5.41, 5.74) is 6.50. The van der Waals surface area contributed by atoms with Crippen molar-refractivity contribution in [1.29, 1.82) is 0 Å². The first-order chi connectivity index (χ1) is 9.88. The lowest BCUT2D eigenvalue weighted by Crippen LogP contribution is -2.26. The van der Waals surface area contributed by atoms with Crippen LogP contribution in [0.3, 0.4) is 0 Å². The lowest BCUT2D eigenvalue weighted by molar-refractivity contribution is 0.477. The number of nitrogen functional groups attached to an aromatic ring is 1.